The maximum Gasteiger partial charge on any atom is 0.335 e. The van der Waals surface area contributed by atoms with Crippen LogP contribution in [0.2, 0.25) is 0 Å². The van der Waals surface area contributed by atoms with Crippen molar-refractivity contribution in [1.82, 2.24) is 5.32 Å². The van der Waals surface area contributed by atoms with Crippen LogP contribution in [0.3, 0.4) is 0 Å². The zero-order valence-electron chi connectivity index (χ0n) is 10.3. The van der Waals surface area contributed by atoms with Crippen molar-refractivity contribution in [1.29, 1.82) is 5.26 Å². The summed E-state index contributed by atoms with van der Waals surface area (Å²) in [4.78, 5) is 22.4. The molecule has 1 aromatic carbocycles. The first-order valence-corrected chi connectivity index (χ1v) is 5.56. The molecule has 0 spiro atoms. The number of hydrogen-bond donors (Lipinski definition) is 3. The van der Waals surface area contributed by atoms with E-state index in [0.29, 0.717) is 12.2 Å². The summed E-state index contributed by atoms with van der Waals surface area (Å²) in [5.41, 5.74) is 0.499. The predicted octanol–water partition coefficient (Wildman–Crippen LogP) is 1.34. The molecule has 0 atom stereocenters. The summed E-state index contributed by atoms with van der Waals surface area (Å²) in [6.45, 7) is 2.44. The molecule has 1 rings (SSSR count). The summed E-state index contributed by atoms with van der Waals surface area (Å²) < 4.78 is 0. The summed E-state index contributed by atoms with van der Waals surface area (Å²) in [5, 5.41) is 22.8. The van der Waals surface area contributed by atoms with E-state index in [1.807, 2.05) is 6.92 Å². The molecule has 0 aliphatic heterocycles. The minimum Gasteiger partial charge on any atom is -0.478 e. The van der Waals surface area contributed by atoms with E-state index in [9.17, 15) is 9.59 Å². The molecular formula is C13H13N3O3. The van der Waals surface area contributed by atoms with Gasteiger partial charge >= 0.3 is 5.97 Å². The van der Waals surface area contributed by atoms with Gasteiger partial charge in [-0.1, -0.05) is 0 Å². The van der Waals surface area contributed by atoms with Crippen LogP contribution < -0.4 is 10.6 Å². The fourth-order valence-electron chi connectivity index (χ4n) is 1.25. The molecule has 3 N–H and O–H groups in total. The van der Waals surface area contributed by atoms with E-state index in [4.69, 9.17) is 10.4 Å². The Bertz CT molecular complexity index is 541. The van der Waals surface area contributed by atoms with Gasteiger partial charge in [0.2, 0.25) is 0 Å². The Morgan fingerprint density at radius 1 is 1.37 bits per heavy atom. The molecule has 0 saturated heterocycles. The Morgan fingerprint density at radius 3 is 2.47 bits per heavy atom. The van der Waals surface area contributed by atoms with Crippen LogP contribution in [-0.2, 0) is 4.79 Å². The summed E-state index contributed by atoms with van der Waals surface area (Å²) in [5.74, 6) is -1.59. The Labute approximate surface area is 110 Å². The first-order valence-electron chi connectivity index (χ1n) is 5.56. The lowest BCUT2D eigenvalue weighted by atomic mass is 10.2. The van der Waals surface area contributed by atoms with Crippen LogP contribution in [0.4, 0.5) is 5.69 Å². The molecule has 0 bridgehead atoms. The number of anilines is 1. The van der Waals surface area contributed by atoms with E-state index in [0.717, 1.165) is 0 Å². The van der Waals surface area contributed by atoms with Gasteiger partial charge in [-0.25, -0.2) is 4.79 Å². The smallest absolute Gasteiger partial charge is 0.335 e. The molecule has 0 aliphatic carbocycles. The number of carboxylic acids is 1. The molecule has 0 unspecified atom stereocenters. The number of carbonyl (C=O) groups is 2. The summed E-state index contributed by atoms with van der Waals surface area (Å²) in [6, 6.07) is 7.45. The van der Waals surface area contributed by atoms with Gasteiger partial charge in [-0.2, -0.15) is 5.26 Å². The van der Waals surface area contributed by atoms with Crippen molar-refractivity contribution < 1.29 is 14.7 Å². The first kappa shape index (κ1) is 14.3. The highest BCUT2D eigenvalue weighted by Gasteiger charge is 2.09. The number of hydrogen-bond acceptors (Lipinski definition) is 4. The highest BCUT2D eigenvalue weighted by atomic mass is 16.4. The van der Waals surface area contributed by atoms with Crippen LogP contribution in [0.15, 0.2) is 36.0 Å². The van der Waals surface area contributed by atoms with Gasteiger partial charge in [-0.05, 0) is 31.2 Å². The second kappa shape index (κ2) is 6.81. The van der Waals surface area contributed by atoms with Gasteiger partial charge < -0.3 is 15.7 Å². The van der Waals surface area contributed by atoms with Crippen molar-refractivity contribution >= 4 is 17.6 Å². The SMILES string of the molecule is CCN/C=C(/C#N)C(=O)Nc1ccc(C(=O)O)cc1. The molecule has 6 heteroatoms. The van der Waals surface area contributed by atoms with Gasteiger partial charge in [0.15, 0.2) is 0 Å². The number of carbonyl (C=O) groups excluding carboxylic acids is 1. The van der Waals surface area contributed by atoms with Crippen LogP contribution in [0, 0.1) is 11.3 Å². The molecule has 98 valence electrons. The van der Waals surface area contributed by atoms with Crippen molar-refractivity contribution in [2.24, 2.45) is 0 Å². The highest BCUT2D eigenvalue weighted by molar-refractivity contribution is 6.06. The molecule has 0 fully saturated rings. The quantitative estimate of drug-likeness (QED) is 0.547. The summed E-state index contributed by atoms with van der Waals surface area (Å²) in [6.07, 6.45) is 1.33. The second-order valence-electron chi connectivity index (χ2n) is 3.56. The molecule has 0 aromatic heterocycles. The van der Waals surface area contributed by atoms with Crippen molar-refractivity contribution in [3.63, 3.8) is 0 Å². The van der Waals surface area contributed by atoms with E-state index in [2.05, 4.69) is 10.6 Å². The van der Waals surface area contributed by atoms with Gasteiger partial charge in [0, 0.05) is 18.4 Å². The Morgan fingerprint density at radius 2 is 2.00 bits per heavy atom. The van der Waals surface area contributed by atoms with Crippen molar-refractivity contribution in [3.8, 4) is 6.07 Å². The number of carboxylic acid groups (broad SMARTS) is 1. The molecule has 0 aliphatic rings. The normalized spacial score (nSPS) is 10.4. The van der Waals surface area contributed by atoms with Gasteiger partial charge in [-0.3, -0.25) is 4.79 Å². The topological polar surface area (TPSA) is 102 Å². The standard InChI is InChI=1S/C13H13N3O3/c1-2-15-8-10(7-14)12(17)16-11-5-3-9(4-6-11)13(18)19/h3-6,8,15H,2H2,1H3,(H,16,17)(H,18,19)/b10-8-. The predicted molar refractivity (Wildman–Crippen MR) is 69.4 cm³/mol. The van der Waals surface area contributed by atoms with E-state index in [1.165, 1.54) is 30.5 Å². The fraction of sp³-hybridized carbons (Fsp3) is 0.154. The maximum atomic E-state index is 11.7. The molecule has 1 amide bonds. The van der Waals surface area contributed by atoms with Gasteiger partial charge in [0.05, 0.1) is 5.56 Å². The van der Waals surface area contributed by atoms with Crippen molar-refractivity contribution in [2.75, 3.05) is 11.9 Å². The number of rotatable bonds is 5. The van der Waals surface area contributed by atoms with E-state index in [1.54, 1.807) is 6.07 Å². The lowest BCUT2D eigenvalue weighted by Gasteiger charge is -2.04. The molecule has 0 radical (unpaired) electrons. The van der Waals surface area contributed by atoms with Crippen molar-refractivity contribution in [2.45, 2.75) is 6.92 Å². The van der Waals surface area contributed by atoms with Crippen LogP contribution in [0.5, 0.6) is 0 Å². The molecule has 1 aromatic rings. The monoisotopic (exact) mass is 259 g/mol. The molecule has 0 heterocycles. The molecule has 6 nitrogen and oxygen atoms in total. The van der Waals surface area contributed by atoms with Gasteiger partial charge in [0.25, 0.3) is 5.91 Å². The Balaban J connectivity index is 2.76. The van der Waals surface area contributed by atoms with E-state index < -0.39 is 11.9 Å². The minimum absolute atomic E-state index is 0.0517. The molecular weight excluding hydrogens is 246 g/mol. The van der Waals surface area contributed by atoms with Crippen molar-refractivity contribution in [3.05, 3.63) is 41.6 Å². The van der Waals surface area contributed by atoms with Crippen LogP contribution >= 0.6 is 0 Å². The fourth-order valence-corrected chi connectivity index (χ4v) is 1.25. The highest BCUT2D eigenvalue weighted by Crippen LogP contribution is 2.10. The van der Waals surface area contributed by atoms with Crippen LogP contribution in [0.25, 0.3) is 0 Å². The van der Waals surface area contributed by atoms with Crippen LogP contribution in [0.1, 0.15) is 17.3 Å². The summed E-state index contributed by atoms with van der Waals surface area (Å²) in [7, 11) is 0. The lowest BCUT2D eigenvalue weighted by Crippen LogP contribution is -2.16. The summed E-state index contributed by atoms with van der Waals surface area (Å²) >= 11 is 0. The number of nitrogens with one attached hydrogen (secondary N) is 2. The lowest BCUT2D eigenvalue weighted by molar-refractivity contribution is -0.112. The number of nitriles is 1. The van der Waals surface area contributed by atoms with E-state index >= 15 is 0 Å². The largest absolute Gasteiger partial charge is 0.478 e. The Kier molecular flexibility index (Phi) is 5.11. The molecule has 0 saturated carbocycles. The first-order chi connectivity index (χ1) is 9.08. The molecule has 19 heavy (non-hydrogen) atoms. The Hall–Kier alpha value is -2.81. The average Bonchev–Trinajstić information content (AvgIpc) is 2.40. The minimum atomic E-state index is -1.04. The second-order valence-corrected chi connectivity index (χ2v) is 3.56. The van der Waals surface area contributed by atoms with Crippen LogP contribution in [-0.4, -0.2) is 23.5 Å². The number of amides is 1. The zero-order valence-corrected chi connectivity index (χ0v) is 10.3. The third kappa shape index (κ3) is 4.16. The third-order valence-corrected chi connectivity index (χ3v) is 2.21. The van der Waals surface area contributed by atoms with Gasteiger partial charge in [0.1, 0.15) is 11.6 Å². The number of nitrogens with zero attached hydrogens (tertiary/aromatic N) is 1. The average molecular weight is 259 g/mol. The number of aromatic carboxylic acids is 1. The van der Waals surface area contributed by atoms with E-state index in [-0.39, 0.29) is 11.1 Å². The number of benzene rings is 1. The van der Waals surface area contributed by atoms with Gasteiger partial charge in [-0.15, -0.1) is 0 Å². The zero-order chi connectivity index (χ0) is 14.3. The third-order valence-electron chi connectivity index (χ3n) is 2.21. The maximum absolute atomic E-state index is 11.7.